The van der Waals surface area contributed by atoms with Gasteiger partial charge in [-0.3, -0.25) is 14.1 Å². The van der Waals surface area contributed by atoms with Crippen LogP contribution >= 0.6 is 7.82 Å². The van der Waals surface area contributed by atoms with Crippen molar-refractivity contribution in [1.29, 1.82) is 0 Å². The minimum Gasteiger partial charge on any atom is -0.462 e. The van der Waals surface area contributed by atoms with E-state index in [1.54, 1.807) is 0 Å². The van der Waals surface area contributed by atoms with Gasteiger partial charge >= 0.3 is 19.8 Å². The Labute approximate surface area is 323 Å². The summed E-state index contributed by atoms with van der Waals surface area (Å²) in [6, 6.07) is 0. The van der Waals surface area contributed by atoms with Gasteiger partial charge in [0.2, 0.25) is 0 Å². The van der Waals surface area contributed by atoms with Gasteiger partial charge in [0.25, 0.3) is 0 Å². The van der Waals surface area contributed by atoms with Crippen LogP contribution in [0.1, 0.15) is 194 Å². The van der Waals surface area contributed by atoms with Gasteiger partial charge < -0.3 is 20.1 Å². The van der Waals surface area contributed by atoms with Crippen LogP contribution in [0.25, 0.3) is 0 Å². The molecule has 0 bridgehead atoms. The van der Waals surface area contributed by atoms with Crippen molar-refractivity contribution < 1.29 is 47.6 Å². The third kappa shape index (κ3) is 39.9. The summed E-state index contributed by atoms with van der Waals surface area (Å²) in [5, 5.41) is 4.19. The van der Waals surface area contributed by atoms with Crippen molar-refractivity contribution in [3.63, 3.8) is 0 Å². The van der Waals surface area contributed by atoms with Gasteiger partial charge in [0.15, 0.2) is 6.10 Å². The van der Waals surface area contributed by atoms with E-state index in [9.17, 15) is 19.0 Å². The third-order valence-electron chi connectivity index (χ3n) is 8.81. The van der Waals surface area contributed by atoms with Crippen LogP contribution in [-0.4, -0.2) is 49.3 Å². The van der Waals surface area contributed by atoms with Gasteiger partial charge in [0.05, 0.1) is 13.2 Å². The number of carbonyl (C=O) groups excluding carboxylic acids is 2. The molecule has 0 heterocycles. The predicted octanol–water partition coefficient (Wildman–Crippen LogP) is 11.5. The molecule has 0 radical (unpaired) electrons. The lowest BCUT2D eigenvalue weighted by Gasteiger charge is -2.19. The van der Waals surface area contributed by atoms with E-state index in [4.69, 9.17) is 19.7 Å². The van der Waals surface area contributed by atoms with Gasteiger partial charge in [0, 0.05) is 19.4 Å². The summed E-state index contributed by atoms with van der Waals surface area (Å²) < 4.78 is 32.1. The first-order valence-corrected chi connectivity index (χ1v) is 22.6. The third-order valence-corrected chi connectivity index (χ3v) is 9.54. The van der Waals surface area contributed by atoms with E-state index in [0.717, 1.165) is 70.6 Å². The van der Waals surface area contributed by atoms with Gasteiger partial charge in [0.1, 0.15) is 6.61 Å². The van der Waals surface area contributed by atoms with Gasteiger partial charge in [-0.05, 0) is 64.2 Å². The molecule has 0 amide bonds. The van der Waals surface area contributed by atoms with Crippen LogP contribution in [0, 0.1) is 0 Å². The average Bonchev–Trinajstić information content (AvgIpc) is 3.14. The van der Waals surface area contributed by atoms with Gasteiger partial charge in [-0.2, -0.15) is 0 Å². The normalized spacial score (nSPS) is 13.5. The van der Waals surface area contributed by atoms with E-state index in [1.165, 1.54) is 83.5 Å². The molecule has 0 aromatic heterocycles. The Morgan fingerprint density at radius 1 is 0.604 bits per heavy atom. The maximum Gasteiger partial charge on any atom is 0.501 e. The van der Waals surface area contributed by atoms with Crippen molar-refractivity contribution in [3.8, 4) is 0 Å². The Hall–Kier alpha value is -1.59. The van der Waals surface area contributed by atoms with Crippen molar-refractivity contribution in [2.75, 3.05) is 26.4 Å². The van der Waals surface area contributed by atoms with Crippen LogP contribution < -0.4 is 5.73 Å². The molecule has 0 aromatic rings. The van der Waals surface area contributed by atoms with Crippen molar-refractivity contribution in [2.24, 2.45) is 5.73 Å². The highest BCUT2D eigenvalue weighted by atomic mass is 31.2. The molecule has 0 rings (SSSR count). The molecule has 0 aliphatic rings. The minimum absolute atomic E-state index is 0.0662. The highest BCUT2D eigenvalue weighted by molar-refractivity contribution is 7.47. The summed E-state index contributed by atoms with van der Waals surface area (Å²) in [7, 11) is -4.71. The molecule has 53 heavy (non-hydrogen) atoms. The molecule has 0 aliphatic heterocycles. The molecule has 2 atom stereocenters. The van der Waals surface area contributed by atoms with Gasteiger partial charge in [-0.25, -0.2) is 9.45 Å². The number of esters is 2. The van der Waals surface area contributed by atoms with Crippen molar-refractivity contribution in [3.05, 3.63) is 24.3 Å². The Kier molecular flexibility index (Phi) is 38.9. The van der Waals surface area contributed by atoms with E-state index in [1.807, 2.05) is 0 Å². The Balaban J connectivity index is 4.30. The fourth-order valence-corrected chi connectivity index (χ4v) is 6.16. The molecule has 11 nitrogen and oxygen atoms in total. The number of hydrogen-bond acceptors (Lipinski definition) is 10. The summed E-state index contributed by atoms with van der Waals surface area (Å²) in [5.74, 6) is -0.927. The molecule has 3 N–H and O–H groups in total. The fourth-order valence-electron chi connectivity index (χ4n) is 5.64. The number of allylic oxidation sites excluding steroid dienone is 4. The summed E-state index contributed by atoms with van der Waals surface area (Å²) >= 11 is 0. The first-order valence-electron chi connectivity index (χ1n) is 21.1. The van der Waals surface area contributed by atoms with Crippen LogP contribution in [0.3, 0.4) is 0 Å². The largest absolute Gasteiger partial charge is 0.501 e. The molecular formula is C41H78NO10P. The maximum absolute atomic E-state index is 12.6. The lowest BCUT2D eigenvalue weighted by atomic mass is 10.1. The first-order chi connectivity index (χ1) is 25.8. The van der Waals surface area contributed by atoms with Crippen LogP contribution in [0.15, 0.2) is 24.3 Å². The van der Waals surface area contributed by atoms with Gasteiger partial charge in [-0.1, -0.05) is 151 Å². The van der Waals surface area contributed by atoms with Crippen molar-refractivity contribution in [2.45, 2.75) is 200 Å². The second-order valence-corrected chi connectivity index (χ2v) is 15.3. The molecule has 0 saturated carbocycles. The van der Waals surface area contributed by atoms with Gasteiger partial charge in [-0.15, -0.1) is 0 Å². The van der Waals surface area contributed by atoms with E-state index in [-0.39, 0.29) is 32.6 Å². The molecule has 0 fully saturated rings. The first kappa shape index (κ1) is 51.4. The van der Waals surface area contributed by atoms with E-state index >= 15 is 0 Å². The summed E-state index contributed by atoms with van der Waals surface area (Å²) in [6.45, 7) is 3.66. The van der Waals surface area contributed by atoms with Crippen LogP contribution in [0.4, 0.5) is 0 Å². The number of rotatable bonds is 41. The number of unbranched alkanes of at least 4 members (excludes halogenated alkanes) is 22. The van der Waals surface area contributed by atoms with Crippen LogP contribution in [0.2, 0.25) is 0 Å². The lowest BCUT2D eigenvalue weighted by molar-refractivity contribution is -0.471. The fraction of sp³-hybridized carbons (Fsp3) is 0.854. The lowest BCUT2D eigenvalue weighted by Crippen LogP contribution is -2.29. The zero-order valence-electron chi connectivity index (χ0n) is 33.7. The number of phosphoric acid groups is 1. The summed E-state index contributed by atoms with van der Waals surface area (Å²) in [4.78, 5) is 39.3. The summed E-state index contributed by atoms with van der Waals surface area (Å²) in [5.41, 5.74) is 5.26. The number of hydrogen-bond donors (Lipinski definition) is 2. The number of phosphoric ester groups is 1. The second-order valence-electron chi connectivity index (χ2n) is 14.0. The highest BCUT2D eigenvalue weighted by Gasteiger charge is 2.28. The van der Waals surface area contributed by atoms with E-state index in [2.05, 4.69) is 52.8 Å². The molecule has 0 aliphatic carbocycles. The monoisotopic (exact) mass is 776 g/mol. The molecular weight excluding hydrogens is 697 g/mol. The van der Waals surface area contributed by atoms with Crippen LogP contribution in [-0.2, 0) is 42.8 Å². The molecule has 312 valence electrons. The van der Waals surface area contributed by atoms with E-state index < -0.39 is 32.5 Å². The zero-order chi connectivity index (χ0) is 38.9. The SMILES string of the molecule is CCCCCCCC/C=C\CCCCCCCC(=O)OC[C@H](COP(=O)(O)OOOCCN)OC(=O)CCCCCCC/C=C\CCCCCCCC. The predicted molar refractivity (Wildman–Crippen MR) is 213 cm³/mol. The number of ether oxygens (including phenoxy) is 2. The van der Waals surface area contributed by atoms with Crippen molar-refractivity contribution in [1.82, 2.24) is 0 Å². The topological polar surface area (TPSA) is 153 Å². The molecule has 0 spiro atoms. The van der Waals surface area contributed by atoms with E-state index in [0.29, 0.717) is 12.8 Å². The minimum atomic E-state index is -4.71. The second kappa shape index (κ2) is 40.1. The quantitative estimate of drug-likeness (QED) is 0.0152. The Morgan fingerprint density at radius 3 is 1.47 bits per heavy atom. The smallest absolute Gasteiger partial charge is 0.462 e. The van der Waals surface area contributed by atoms with Crippen LogP contribution in [0.5, 0.6) is 0 Å². The average molecular weight is 776 g/mol. The summed E-state index contributed by atoms with van der Waals surface area (Å²) in [6.07, 6.45) is 38.6. The maximum atomic E-state index is 12.6. The number of carbonyl (C=O) groups is 2. The van der Waals surface area contributed by atoms with Crippen molar-refractivity contribution >= 4 is 19.8 Å². The molecule has 1 unspecified atom stereocenters. The number of nitrogens with two attached hydrogens (primary N) is 1. The molecule has 0 aromatic carbocycles. The Bertz CT molecular complexity index is 932. The highest BCUT2D eigenvalue weighted by Crippen LogP contribution is 2.43. The molecule has 12 heteroatoms. The standard InChI is InChI=1S/C41H78NO10P/c1-3-5-7-9-11-13-15-17-19-21-23-25-27-29-31-33-40(43)47-37-39(38-49-53(45,46)52-51-48-36-35-42)50-41(44)34-32-30-28-26-24-22-20-18-16-14-12-10-8-6-4-2/h17-20,39H,3-16,21-38,42H2,1-2H3,(H,45,46)/b19-17-,20-18-/t39-/m1/s1. The molecule has 0 saturated heterocycles. The Morgan fingerprint density at radius 2 is 1.02 bits per heavy atom. The zero-order valence-corrected chi connectivity index (χ0v) is 34.6.